The summed E-state index contributed by atoms with van der Waals surface area (Å²) < 4.78 is 0. The van der Waals surface area contributed by atoms with Gasteiger partial charge < -0.3 is 5.11 Å². The standard InChI is InChI=1S/C11H24O/c1-5-6-7-8-9-11(4,12)10(2)3/h10,12H,5-9H2,1-4H3. The van der Waals surface area contributed by atoms with Gasteiger partial charge in [-0.15, -0.1) is 0 Å². The molecule has 0 bridgehead atoms. The summed E-state index contributed by atoms with van der Waals surface area (Å²) in [5.74, 6) is 0.374. The minimum absolute atomic E-state index is 0.374. The van der Waals surface area contributed by atoms with Gasteiger partial charge in [-0.1, -0.05) is 46.5 Å². The van der Waals surface area contributed by atoms with E-state index < -0.39 is 5.60 Å². The van der Waals surface area contributed by atoms with Crippen LogP contribution in [0.25, 0.3) is 0 Å². The number of hydrogen-bond donors (Lipinski definition) is 1. The van der Waals surface area contributed by atoms with Gasteiger partial charge in [0.15, 0.2) is 0 Å². The van der Waals surface area contributed by atoms with E-state index in [1.54, 1.807) is 0 Å². The highest BCUT2D eigenvalue weighted by Crippen LogP contribution is 2.23. The Morgan fingerprint density at radius 1 is 1.17 bits per heavy atom. The number of unbranched alkanes of at least 4 members (excludes halogenated alkanes) is 3. The molecule has 74 valence electrons. The third kappa shape index (κ3) is 4.76. The molecule has 0 aliphatic heterocycles. The lowest BCUT2D eigenvalue weighted by Gasteiger charge is -2.27. The smallest absolute Gasteiger partial charge is 0.0642 e. The highest BCUT2D eigenvalue weighted by atomic mass is 16.3. The van der Waals surface area contributed by atoms with Crippen molar-refractivity contribution in [1.29, 1.82) is 0 Å². The van der Waals surface area contributed by atoms with Gasteiger partial charge in [-0.25, -0.2) is 0 Å². The van der Waals surface area contributed by atoms with Gasteiger partial charge in [0.05, 0.1) is 5.60 Å². The maximum Gasteiger partial charge on any atom is 0.0642 e. The van der Waals surface area contributed by atoms with E-state index in [2.05, 4.69) is 20.8 Å². The minimum atomic E-state index is -0.451. The van der Waals surface area contributed by atoms with E-state index in [-0.39, 0.29) is 0 Å². The predicted octanol–water partition coefficient (Wildman–Crippen LogP) is 3.36. The second kappa shape index (κ2) is 5.58. The van der Waals surface area contributed by atoms with Crippen molar-refractivity contribution in [2.45, 2.75) is 65.4 Å². The van der Waals surface area contributed by atoms with Crippen molar-refractivity contribution in [3.05, 3.63) is 0 Å². The molecule has 0 saturated heterocycles. The van der Waals surface area contributed by atoms with Crippen LogP contribution >= 0.6 is 0 Å². The predicted molar refractivity (Wildman–Crippen MR) is 54.2 cm³/mol. The minimum Gasteiger partial charge on any atom is -0.390 e. The first-order valence-electron chi connectivity index (χ1n) is 5.23. The first kappa shape index (κ1) is 12.0. The van der Waals surface area contributed by atoms with Crippen molar-refractivity contribution >= 4 is 0 Å². The molecule has 12 heavy (non-hydrogen) atoms. The zero-order valence-electron chi connectivity index (χ0n) is 9.06. The van der Waals surface area contributed by atoms with Crippen molar-refractivity contribution in [1.82, 2.24) is 0 Å². The third-order valence-electron chi connectivity index (χ3n) is 2.78. The van der Waals surface area contributed by atoms with Crippen LogP contribution in [0.3, 0.4) is 0 Å². The van der Waals surface area contributed by atoms with Crippen molar-refractivity contribution < 1.29 is 5.11 Å². The summed E-state index contributed by atoms with van der Waals surface area (Å²) in [6.07, 6.45) is 5.95. The van der Waals surface area contributed by atoms with Crippen LogP contribution in [-0.4, -0.2) is 10.7 Å². The molecule has 0 rings (SSSR count). The molecule has 1 nitrogen and oxygen atoms in total. The van der Waals surface area contributed by atoms with Crippen LogP contribution in [0.4, 0.5) is 0 Å². The normalized spacial score (nSPS) is 16.5. The van der Waals surface area contributed by atoms with Gasteiger partial charge in [0, 0.05) is 0 Å². The lowest BCUT2D eigenvalue weighted by Crippen LogP contribution is -2.30. The summed E-state index contributed by atoms with van der Waals surface area (Å²) in [4.78, 5) is 0. The Morgan fingerprint density at radius 3 is 2.17 bits per heavy atom. The van der Waals surface area contributed by atoms with E-state index in [9.17, 15) is 5.11 Å². The molecule has 0 aromatic rings. The quantitative estimate of drug-likeness (QED) is 0.609. The Kier molecular flexibility index (Phi) is 5.56. The lowest BCUT2D eigenvalue weighted by atomic mass is 9.87. The fraction of sp³-hybridized carbons (Fsp3) is 1.00. The molecule has 1 atom stereocenters. The largest absolute Gasteiger partial charge is 0.390 e. The van der Waals surface area contributed by atoms with Gasteiger partial charge >= 0.3 is 0 Å². The molecule has 0 spiro atoms. The highest BCUT2D eigenvalue weighted by Gasteiger charge is 2.23. The Bertz CT molecular complexity index is 106. The zero-order valence-corrected chi connectivity index (χ0v) is 9.06. The molecule has 0 radical (unpaired) electrons. The second-order valence-corrected chi connectivity index (χ2v) is 4.32. The van der Waals surface area contributed by atoms with E-state index in [1.165, 1.54) is 25.7 Å². The van der Waals surface area contributed by atoms with Crippen LogP contribution in [-0.2, 0) is 0 Å². The molecule has 0 aromatic carbocycles. The average molecular weight is 172 g/mol. The van der Waals surface area contributed by atoms with Gasteiger partial charge in [0.1, 0.15) is 0 Å². The van der Waals surface area contributed by atoms with Gasteiger partial charge in [-0.05, 0) is 19.3 Å². The van der Waals surface area contributed by atoms with E-state index in [4.69, 9.17) is 0 Å². The van der Waals surface area contributed by atoms with Gasteiger partial charge in [0.25, 0.3) is 0 Å². The van der Waals surface area contributed by atoms with Crippen molar-refractivity contribution in [2.24, 2.45) is 5.92 Å². The maximum absolute atomic E-state index is 9.89. The highest BCUT2D eigenvalue weighted by molar-refractivity contribution is 4.75. The van der Waals surface area contributed by atoms with Crippen molar-refractivity contribution in [3.8, 4) is 0 Å². The van der Waals surface area contributed by atoms with Crippen molar-refractivity contribution in [2.75, 3.05) is 0 Å². The van der Waals surface area contributed by atoms with E-state index in [0.29, 0.717) is 5.92 Å². The van der Waals surface area contributed by atoms with E-state index in [1.807, 2.05) is 6.92 Å². The monoisotopic (exact) mass is 172 g/mol. The fourth-order valence-corrected chi connectivity index (χ4v) is 1.20. The van der Waals surface area contributed by atoms with Gasteiger partial charge in [-0.2, -0.15) is 0 Å². The van der Waals surface area contributed by atoms with Gasteiger partial charge in [0.2, 0.25) is 0 Å². The number of rotatable bonds is 6. The SMILES string of the molecule is CCCCCCC(C)(O)C(C)C. The van der Waals surface area contributed by atoms with Crippen LogP contribution in [0.2, 0.25) is 0 Å². The lowest BCUT2D eigenvalue weighted by molar-refractivity contribution is 0.00310. The molecule has 1 N–H and O–H groups in total. The summed E-state index contributed by atoms with van der Waals surface area (Å²) in [6.45, 7) is 8.32. The Labute approximate surface area is 77.2 Å². The molecule has 1 heteroatoms. The Morgan fingerprint density at radius 2 is 1.75 bits per heavy atom. The van der Waals surface area contributed by atoms with Crippen LogP contribution in [0.1, 0.15) is 59.8 Å². The molecule has 1 unspecified atom stereocenters. The number of hydrogen-bond acceptors (Lipinski definition) is 1. The molecule has 0 saturated carbocycles. The first-order valence-corrected chi connectivity index (χ1v) is 5.23. The second-order valence-electron chi connectivity index (χ2n) is 4.32. The van der Waals surface area contributed by atoms with Crippen molar-refractivity contribution in [3.63, 3.8) is 0 Å². The van der Waals surface area contributed by atoms with E-state index in [0.717, 1.165) is 6.42 Å². The molecule has 0 aromatic heterocycles. The molecule has 0 fully saturated rings. The zero-order chi connectivity index (χ0) is 9.61. The van der Waals surface area contributed by atoms with Gasteiger partial charge in [-0.3, -0.25) is 0 Å². The summed E-state index contributed by atoms with van der Waals surface area (Å²) in [6, 6.07) is 0. The molecular weight excluding hydrogens is 148 g/mol. The van der Waals surface area contributed by atoms with Crippen LogP contribution in [0.5, 0.6) is 0 Å². The molecule has 0 aliphatic rings. The fourth-order valence-electron chi connectivity index (χ4n) is 1.20. The summed E-state index contributed by atoms with van der Waals surface area (Å²) in [5.41, 5.74) is -0.451. The molecule has 0 heterocycles. The summed E-state index contributed by atoms with van der Waals surface area (Å²) in [7, 11) is 0. The number of aliphatic hydroxyl groups is 1. The molecule has 0 amide bonds. The average Bonchev–Trinajstić information content (AvgIpc) is 1.98. The Balaban J connectivity index is 3.47. The first-order chi connectivity index (χ1) is 5.50. The molecular formula is C11H24O. The third-order valence-corrected chi connectivity index (χ3v) is 2.78. The molecule has 0 aliphatic carbocycles. The van der Waals surface area contributed by atoms with Crippen LogP contribution in [0.15, 0.2) is 0 Å². The maximum atomic E-state index is 9.89. The summed E-state index contributed by atoms with van der Waals surface area (Å²) >= 11 is 0. The van der Waals surface area contributed by atoms with E-state index >= 15 is 0 Å². The summed E-state index contributed by atoms with van der Waals surface area (Å²) in [5, 5.41) is 9.89. The topological polar surface area (TPSA) is 20.2 Å². The van der Waals surface area contributed by atoms with Crippen LogP contribution < -0.4 is 0 Å². The Hall–Kier alpha value is -0.0400. The van der Waals surface area contributed by atoms with Crippen LogP contribution in [0, 0.1) is 5.92 Å².